The average Bonchev–Trinajstić information content (AvgIpc) is 3.42. The fourth-order valence-electron chi connectivity index (χ4n) is 4.88. The molecule has 0 saturated carbocycles. The van der Waals surface area contributed by atoms with Crippen LogP contribution >= 0.6 is 11.3 Å². The minimum atomic E-state index is -0.582. The summed E-state index contributed by atoms with van der Waals surface area (Å²) < 4.78 is 22.2. The highest BCUT2D eigenvalue weighted by Crippen LogP contribution is 2.50. The van der Waals surface area contributed by atoms with Crippen LogP contribution in [0.1, 0.15) is 16.8 Å². The number of halogens is 1. The number of benzene rings is 2. The summed E-state index contributed by atoms with van der Waals surface area (Å²) in [7, 11) is 0. The first kappa shape index (κ1) is 28.6. The quantitative estimate of drug-likeness (QED) is 0.182. The largest absolute Gasteiger partial charge is 0.421 e. The van der Waals surface area contributed by atoms with Crippen molar-refractivity contribution in [1.29, 1.82) is 0 Å². The molecule has 0 atom stereocenters. The van der Waals surface area contributed by atoms with E-state index in [1.807, 2.05) is 31.2 Å². The third kappa shape index (κ3) is 5.60. The van der Waals surface area contributed by atoms with Gasteiger partial charge in [-0.15, -0.1) is 11.3 Å². The Kier molecular flexibility index (Phi) is 7.78. The van der Waals surface area contributed by atoms with Crippen LogP contribution in [0.25, 0.3) is 42.9 Å². The first-order valence-corrected chi connectivity index (χ1v) is 14.4. The summed E-state index contributed by atoms with van der Waals surface area (Å²) in [5.74, 6) is -0.524. The van der Waals surface area contributed by atoms with Gasteiger partial charge in [0, 0.05) is 52.2 Å². The second-order valence-electron chi connectivity index (χ2n) is 9.96. The van der Waals surface area contributed by atoms with Crippen LogP contribution in [0.3, 0.4) is 0 Å². The number of aromatic nitrogens is 5. The number of ether oxygens (including phenoxy) is 1. The number of thiophene rings is 1. The molecular formula is C33H26FN7O2S. The van der Waals surface area contributed by atoms with Crippen molar-refractivity contribution < 1.29 is 13.9 Å². The van der Waals surface area contributed by atoms with E-state index in [9.17, 15) is 4.79 Å². The minimum absolute atomic E-state index is 0.00434. The molecule has 2 aromatic carbocycles. The second-order valence-corrected chi connectivity index (χ2v) is 11.0. The molecule has 0 aliphatic heterocycles. The van der Waals surface area contributed by atoms with Crippen molar-refractivity contribution in [1.82, 2.24) is 30.2 Å². The number of anilines is 1. The molecule has 6 aromatic rings. The molecule has 9 nitrogen and oxygen atoms in total. The van der Waals surface area contributed by atoms with Gasteiger partial charge in [-0.2, -0.15) is 0 Å². The number of fused-ring (bicyclic) bond motifs is 1. The Labute approximate surface area is 256 Å². The number of aryl methyl sites for hydroxylation is 2. The summed E-state index contributed by atoms with van der Waals surface area (Å²) in [4.78, 5) is 33.9. The van der Waals surface area contributed by atoms with Gasteiger partial charge in [0.1, 0.15) is 12.1 Å². The predicted octanol–water partition coefficient (Wildman–Crippen LogP) is 6.81. The van der Waals surface area contributed by atoms with Crippen LogP contribution in [0.15, 0.2) is 86.1 Å². The number of carbonyl (C=O) groups is 1. The monoisotopic (exact) mass is 603 g/mol. The number of hydrogen-bond acceptors (Lipinski definition) is 9. The standard InChI is InChI=1S/C33H26FN7O2S/c1-4-27(42)38-15-20-5-7-22(18(2)13-20)30-28(21-6-8-26(24(34)14-21)43-33-37-12-9-19(3)41-33)29-31(44-30)23(16-39-32(29)35)25-10-11-36-17-40-25/h4-14,16-17H,1,15H2,2-3H3,(H2,35,39)(H,38,42). The Hall–Kier alpha value is -5.55. The van der Waals surface area contributed by atoms with E-state index in [0.717, 1.165) is 37.4 Å². The lowest BCUT2D eigenvalue weighted by Crippen LogP contribution is -2.19. The molecule has 1 amide bonds. The number of nitrogens with zero attached hydrogens (tertiary/aromatic N) is 5. The van der Waals surface area contributed by atoms with Crippen molar-refractivity contribution in [2.24, 2.45) is 0 Å². The van der Waals surface area contributed by atoms with Gasteiger partial charge in [0.25, 0.3) is 0 Å². The van der Waals surface area contributed by atoms with Crippen LogP contribution in [0.4, 0.5) is 10.2 Å². The lowest BCUT2D eigenvalue weighted by Gasteiger charge is -2.12. The first-order valence-electron chi connectivity index (χ1n) is 13.6. The van der Waals surface area contributed by atoms with Crippen molar-refractivity contribution in [3.63, 3.8) is 0 Å². The van der Waals surface area contributed by atoms with Gasteiger partial charge in [-0.05, 0) is 66.4 Å². The highest BCUT2D eigenvalue weighted by molar-refractivity contribution is 7.23. The van der Waals surface area contributed by atoms with Gasteiger partial charge in [0.15, 0.2) is 11.6 Å². The summed E-state index contributed by atoms with van der Waals surface area (Å²) in [6.07, 6.45) is 7.64. The van der Waals surface area contributed by atoms with E-state index in [-0.39, 0.29) is 17.7 Å². The third-order valence-electron chi connectivity index (χ3n) is 6.98. The number of nitrogens with one attached hydrogen (secondary N) is 1. The number of amides is 1. The number of nitrogens with two attached hydrogens (primary N) is 1. The fraction of sp³-hybridized carbons (Fsp3) is 0.0909. The predicted molar refractivity (Wildman–Crippen MR) is 170 cm³/mol. The Morgan fingerprint density at radius 3 is 2.66 bits per heavy atom. The van der Waals surface area contributed by atoms with E-state index < -0.39 is 5.82 Å². The van der Waals surface area contributed by atoms with Crippen LogP contribution in [0.5, 0.6) is 11.8 Å². The molecule has 218 valence electrons. The van der Waals surface area contributed by atoms with Crippen molar-refractivity contribution in [3.8, 4) is 44.6 Å². The van der Waals surface area contributed by atoms with E-state index in [1.165, 1.54) is 29.8 Å². The Morgan fingerprint density at radius 1 is 1.07 bits per heavy atom. The van der Waals surface area contributed by atoms with Crippen molar-refractivity contribution in [3.05, 3.63) is 109 Å². The van der Waals surface area contributed by atoms with Crippen LogP contribution in [0, 0.1) is 19.7 Å². The van der Waals surface area contributed by atoms with E-state index in [4.69, 9.17) is 10.5 Å². The lowest BCUT2D eigenvalue weighted by molar-refractivity contribution is -0.116. The fourth-order valence-corrected chi connectivity index (χ4v) is 6.33. The highest BCUT2D eigenvalue weighted by atomic mass is 32.1. The maximum Gasteiger partial charge on any atom is 0.322 e. The molecule has 4 heterocycles. The van der Waals surface area contributed by atoms with Crippen molar-refractivity contribution in [2.75, 3.05) is 5.73 Å². The number of nitrogen functional groups attached to an aromatic ring is 1. The molecule has 0 aliphatic carbocycles. The Balaban J connectivity index is 1.52. The number of rotatable bonds is 8. The number of pyridine rings is 1. The van der Waals surface area contributed by atoms with Crippen LogP contribution in [-0.4, -0.2) is 30.8 Å². The van der Waals surface area contributed by atoms with Gasteiger partial charge in [0.05, 0.1) is 10.4 Å². The molecule has 11 heteroatoms. The van der Waals surface area contributed by atoms with Crippen molar-refractivity contribution >= 4 is 33.1 Å². The van der Waals surface area contributed by atoms with E-state index in [2.05, 4.69) is 36.8 Å². The molecular weight excluding hydrogens is 577 g/mol. The van der Waals surface area contributed by atoms with E-state index in [1.54, 1.807) is 43.7 Å². The van der Waals surface area contributed by atoms with Gasteiger partial charge in [-0.3, -0.25) is 4.79 Å². The van der Waals surface area contributed by atoms with Crippen LogP contribution in [-0.2, 0) is 11.3 Å². The zero-order chi connectivity index (χ0) is 30.8. The number of carbonyl (C=O) groups excluding carboxylic acids is 1. The zero-order valence-electron chi connectivity index (χ0n) is 23.8. The SMILES string of the molecule is C=CC(=O)NCc1ccc(-c2sc3c(-c4ccncn4)cnc(N)c3c2-c2ccc(Oc3nccc(C)n3)c(F)c2)c(C)c1. The minimum Gasteiger partial charge on any atom is -0.421 e. The molecule has 0 bridgehead atoms. The van der Waals surface area contributed by atoms with Gasteiger partial charge < -0.3 is 15.8 Å². The molecule has 3 N–H and O–H groups in total. The normalized spacial score (nSPS) is 11.0. The molecule has 0 aliphatic rings. The smallest absolute Gasteiger partial charge is 0.322 e. The summed E-state index contributed by atoms with van der Waals surface area (Å²) >= 11 is 1.53. The Bertz CT molecular complexity index is 2050. The molecule has 4 aromatic heterocycles. The van der Waals surface area contributed by atoms with Crippen LogP contribution < -0.4 is 15.8 Å². The second kappa shape index (κ2) is 12.0. The zero-order valence-corrected chi connectivity index (χ0v) is 24.7. The highest BCUT2D eigenvalue weighted by Gasteiger charge is 2.24. The molecule has 0 radical (unpaired) electrons. The molecule has 0 unspecified atom stereocenters. The maximum absolute atomic E-state index is 15.6. The van der Waals surface area contributed by atoms with Gasteiger partial charge >= 0.3 is 6.01 Å². The average molecular weight is 604 g/mol. The summed E-state index contributed by atoms with van der Waals surface area (Å²) in [5.41, 5.74) is 12.9. The first-order chi connectivity index (χ1) is 21.3. The molecule has 0 saturated heterocycles. The van der Waals surface area contributed by atoms with E-state index >= 15 is 4.39 Å². The van der Waals surface area contributed by atoms with Crippen LogP contribution in [0.2, 0.25) is 0 Å². The third-order valence-corrected chi connectivity index (χ3v) is 8.24. The topological polar surface area (TPSA) is 129 Å². The van der Waals surface area contributed by atoms with E-state index in [0.29, 0.717) is 34.7 Å². The summed E-state index contributed by atoms with van der Waals surface area (Å²) in [5, 5.41) is 3.50. The summed E-state index contributed by atoms with van der Waals surface area (Å²) in [6.45, 7) is 7.66. The molecule has 44 heavy (non-hydrogen) atoms. The maximum atomic E-state index is 15.6. The molecule has 0 fully saturated rings. The lowest BCUT2D eigenvalue weighted by atomic mass is 9.95. The summed E-state index contributed by atoms with van der Waals surface area (Å²) in [6, 6.07) is 14.3. The number of hydrogen-bond donors (Lipinski definition) is 2. The molecule has 6 rings (SSSR count). The van der Waals surface area contributed by atoms with Crippen molar-refractivity contribution in [2.45, 2.75) is 20.4 Å². The van der Waals surface area contributed by atoms with Gasteiger partial charge in [-0.25, -0.2) is 29.3 Å². The molecule has 0 spiro atoms. The Morgan fingerprint density at radius 2 is 1.93 bits per heavy atom. The van der Waals surface area contributed by atoms with Gasteiger partial charge in [-0.1, -0.05) is 30.8 Å². The van der Waals surface area contributed by atoms with Gasteiger partial charge in [0.2, 0.25) is 5.91 Å².